The number of hydrogen-bond donors (Lipinski definition) is 1. The Hall–Kier alpha value is -3.46. The molecule has 0 aliphatic carbocycles. The van der Waals surface area contributed by atoms with Gasteiger partial charge >= 0.3 is 0 Å². The zero-order valence-corrected chi connectivity index (χ0v) is 14.7. The van der Waals surface area contributed by atoms with E-state index in [1.165, 1.54) is 14.2 Å². The number of terminal acetylenes is 1. The topological polar surface area (TPSA) is 69.1 Å². The number of carbonyl (C=O) groups is 1. The second-order valence-corrected chi connectivity index (χ2v) is 5.12. The van der Waals surface area contributed by atoms with Crippen molar-refractivity contribution in [3.63, 3.8) is 0 Å². The molecular formula is C20H20N2O4. The molecule has 0 heterocycles. The van der Waals surface area contributed by atoms with Crippen LogP contribution in [0.25, 0.3) is 0 Å². The van der Waals surface area contributed by atoms with Gasteiger partial charge < -0.3 is 19.6 Å². The maximum atomic E-state index is 12.1. The van der Waals surface area contributed by atoms with E-state index >= 15 is 0 Å². The molecule has 0 radical (unpaired) electrons. The molecule has 0 saturated heterocycles. The quantitative estimate of drug-likeness (QED) is 0.450. The minimum Gasteiger partial charge on any atom is -0.489 e. The summed E-state index contributed by atoms with van der Waals surface area (Å²) in [5.41, 5.74) is 1.61. The number of oxime groups is 1. The molecule has 0 fully saturated rings. The second kappa shape index (κ2) is 9.74. The van der Waals surface area contributed by atoms with Gasteiger partial charge in [-0.3, -0.25) is 4.79 Å². The molecule has 0 aliphatic heterocycles. The summed E-state index contributed by atoms with van der Waals surface area (Å²) < 4.78 is 11.2. The fourth-order valence-corrected chi connectivity index (χ4v) is 2.24. The zero-order chi connectivity index (χ0) is 18.8. The van der Waals surface area contributed by atoms with Gasteiger partial charge in [0.2, 0.25) is 0 Å². The summed E-state index contributed by atoms with van der Waals surface area (Å²) in [6.45, 7) is 0.434. The molecule has 2 rings (SSSR count). The molecule has 0 unspecified atom stereocenters. The SMILES string of the molecule is C#CCOc1cccc(OCc2ccccc2/C(=N/OC)C(=O)NC)c1. The highest BCUT2D eigenvalue weighted by molar-refractivity contribution is 6.45. The van der Waals surface area contributed by atoms with Crippen LogP contribution in [-0.2, 0) is 16.2 Å². The van der Waals surface area contributed by atoms with Gasteiger partial charge in [0.15, 0.2) is 5.71 Å². The number of likely N-dealkylation sites (N-methyl/N-ethyl adjacent to an activating group) is 1. The lowest BCUT2D eigenvalue weighted by molar-refractivity contribution is -0.114. The van der Waals surface area contributed by atoms with Crippen LogP contribution in [0.4, 0.5) is 0 Å². The van der Waals surface area contributed by atoms with Gasteiger partial charge in [0.05, 0.1) is 0 Å². The van der Waals surface area contributed by atoms with Crippen molar-refractivity contribution in [3.8, 4) is 23.8 Å². The first-order chi connectivity index (χ1) is 12.7. The van der Waals surface area contributed by atoms with Crippen LogP contribution in [0.2, 0.25) is 0 Å². The predicted molar refractivity (Wildman–Crippen MR) is 99.2 cm³/mol. The molecule has 2 aromatic carbocycles. The molecule has 1 N–H and O–H groups in total. The summed E-state index contributed by atoms with van der Waals surface area (Å²) in [6, 6.07) is 14.5. The molecule has 0 atom stereocenters. The Balaban J connectivity index is 2.20. The van der Waals surface area contributed by atoms with Crippen molar-refractivity contribution < 1.29 is 19.1 Å². The van der Waals surface area contributed by atoms with Crippen molar-refractivity contribution in [3.05, 3.63) is 59.7 Å². The Morgan fingerprint density at radius 1 is 1.15 bits per heavy atom. The molecule has 0 spiro atoms. The zero-order valence-electron chi connectivity index (χ0n) is 14.7. The monoisotopic (exact) mass is 352 g/mol. The number of rotatable bonds is 8. The Bertz CT molecular complexity index is 825. The Labute approximate surface area is 152 Å². The van der Waals surface area contributed by atoms with Crippen molar-refractivity contribution in [1.82, 2.24) is 5.32 Å². The summed E-state index contributed by atoms with van der Waals surface area (Å²) in [6.07, 6.45) is 5.19. The first-order valence-electron chi connectivity index (χ1n) is 7.90. The van der Waals surface area contributed by atoms with Crippen LogP contribution in [0.3, 0.4) is 0 Å². The molecular weight excluding hydrogens is 332 g/mol. The fraction of sp³-hybridized carbons (Fsp3) is 0.200. The summed E-state index contributed by atoms with van der Waals surface area (Å²) in [4.78, 5) is 16.9. The Morgan fingerprint density at radius 2 is 1.88 bits per heavy atom. The molecule has 134 valence electrons. The molecule has 0 saturated carbocycles. The van der Waals surface area contributed by atoms with E-state index in [2.05, 4.69) is 16.4 Å². The largest absolute Gasteiger partial charge is 0.489 e. The highest BCUT2D eigenvalue weighted by atomic mass is 16.6. The van der Waals surface area contributed by atoms with Gasteiger partial charge in [-0.1, -0.05) is 41.4 Å². The van der Waals surface area contributed by atoms with E-state index in [0.717, 1.165) is 5.56 Å². The third-order valence-corrected chi connectivity index (χ3v) is 3.42. The van der Waals surface area contributed by atoms with E-state index in [1.807, 2.05) is 30.3 Å². The average molecular weight is 352 g/mol. The number of carbonyl (C=O) groups excluding carboxylic acids is 1. The molecule has 26 heavy (non-hydrogen) atoms. The molecule has 6 nitrogen and oxygen atoms in total. The van der Waals surface area contributed by atoms with E-state index in [9.17, 15) is 4.79 Å². The lowest BCUT2D eigenvalue weighted by Crippen LogP contribution is -2.29. The van der Waals surface area contributed by atoms with E-state index in [-0.39, 0.29) is 24.8 Å². The lowest BCUT2D eigenvalue weighted by Gasteiger charge is -2.12. The highest BCUT2D eigenvalue weighted by Crippen LogP contribution is 2.21. The third kappa shape index (κ3) is 5.02. The Morgan fingerprint density at radius 3 is 2.58 bits per heavy atom. The van der Waals surface area contributed by atoms with Crippen LogP contribution in [0.15, 0.2) is 53.7 Å². The van der Waals surface area contributed by atoms with Crippen molar-refractivity contribution in [2.45, 2.75) is 6.61 Å². The number of benzene rings is 2. The predicted octanol–water partition coefficient (Wildman–Crippen LogP) is 2.37. The first-order valence-corrected chi connectivity index (χ1v) is 7.90. The normalized spacial score (nSPS) is 10.6. The number of hydrogen-bond acceptors (Lipinski definition) is 5. The van der Waals surface area contributed by atoms with Gasteiger partial charge in [0.1, 0.15) is 31.8 Å². The van der Waals surface area contributed by atoms with Crippen molar-refractivity contribution in [2.75, 3.05) is 20.8 Å². The third-order valence-electron chi connectivity index (χ3n) is 3.42. The maximum Gasteiger partial charge on any atom is 0.273 e. The minimum absolute atomic E-state index is 0.181. The van der Waals surface area contributed by atoms with Crippen LogP contribution in [0.5, 0.6) is 11.5 Å². The number of amides is 1. The fourth-order valence-electron chi connectivity index (χ4n) is 2.24. The first kappa shape index (κ1) is 18.9. The van der Waals surface area contributed by atoms with E-state index in [0.29, 0.717) is 17.1 Å². The smallest absolute Gasteiger partial charge is 0.273 e. The van der Waals surface area contributed by atoms with Crippen LogP contribution in [-0.4, -0.2) is 32.4 Å². The van der Waals surface area contributed by atoms with Gasteiger partial charge in [0.25, 0.3) is 5.91 Å². The summed E-state index contributed by atoms with van der Waals surface area (Å²) in [5.74, 6) is 3.32. The van der Waals surface area contributed by atoms with Gasteiger partial charge in [-0.2, -0.15) is 0 Å². The standard InChI is InChI=1S/C20H20N2O4/c1-4-12-25-16-9-7-10-17(13-16)26-14-15-8-5-6-11-18(15)19(22-24-3)20(23)21-2/h1,5-11,13H,12,14H2,2-3H3,(H,21,23)/b22-19-. The Kier molecular flexibility index (Phi) is 7.07. The van der Waals surface area contributed by atoms with Crippen LogP contribution in [0.1, 0.15) is 11.1 Å². The lowest BCUT2D eigenvalue weighted by atomic mass is 10.0. The van der Waals surface area contributed by atoms with Crippen LogP contribution >= 0.6 is 0 Å². The summed E-state index contributed by atoms with van der Waals surface area (Å²) in [7, 11) is 2.93. The average Bonchev–Trinajstić information content (AvgIpc) is 2.69. The summed E-state index contributed by atoms with van der Waals surface area (Å²) in [5, 5.41) is 6.39. The molecule has 0 bridgehead atoms. The minimum atomic E-state index is -0.344. The van der Waals surface area contributed by atoms with Crippen molar-refractivity contribution in [2.24, 2.45) is 5.16 Å². The van der Waals surface area contributed by atoms with E-state index in [1.54, 1.807) is 18.2 Å². The molecule has 6 heteroatoms. The molecule has 2 aromatic rings. The highest BCUT2D eigenvalue weighted by Gasteiger charge is 2.17. The second-order valence-electron chi connectivity index (χ2n) is 5.12. The van der Waals surface area contributed by atoms with Gasteiger partial charge in [0, 0.05) is 18.7 Å². The molecule has 0 aromatic heterocycles. The van der Waals surface area contributed by atoms with Crippen molar-refractivity contribution >= 4 is 11.6 Å². The maximum absolute atomic E-state index is 12.1. The molecule has 1 amide bonds. The van der Waals surface area contributed by atoms with Crippen LogP contribution < -0.4 is 14.8 Å². The van der Waals surface area contributed by atoms with E-state index in [4.69, 9.17) is 20.7 Å². The van der Waals surface area contributed by atoms with Gasteiger partial charge in [-0.25, -0.2) is 0 Å². The number of nitrogens with zero attached hydrogens (tertiary/aromatic N) is 1. The summed E-state index contributed by atoms with van der Waals surface area (Å²) >= 11 is 0. The van der Waals surface area contributed by atoms with Gasteiger partial charge in [-0.05, 0) is 17.7 Å². The number of ether oxygens (including phenoxy) is 2. The van der Waals surface area contributed by atoms with Crippen LogP contribution in [0, 0.1) is 12.3 Å². The van der Waals surface area contributed by atoms with Gasteiger partial charge in [-0.15, -0.1) is 6.42 Å². The van der Waals surface area contributed by atoms with Crippen molar-refractivity contribution in [1.29, 1.82) is 0 Å². The van der Waals surface area contributed by atoms with E-state index < -0.39 is 0 Å². The number of nitrogens with one attached hydrogen (secondary N) is 1. The molecule has 0 aliphatic rings.